The summed E-state index contributed by atoms with van der Waals surface area (Å²) in [5, 5.41) is 14.2. The fourth-order valence-corrected chi connectivity index (χ4v) is 2.99. The van der Waals surface area contributed by atoms with Crippen molar-refractivity contribution in [2.75, 3.05) is 18.4 Å². The van der Waals surface area contributed by atoms with Crippen LogP contribution < -0.4 is 5.32 Å². The van der Waals surface area contributed by atoms with Crippen molar-refractivity contribution in [1.82, 2.24) is 4.90 Å². The molecule has 19 heavy (non-hydrogen) atoms. The van der Waals surface area contributed by atoms with Crippen LogP contribution in [0.15, 0.2) is 22.7 Å². The lowest BCUT2D eigenvalue weighted by Gasteiger charge is -2.17. The highest BCUT2D eigenvalue weighted by Gasteiger charge is 2.34. The third kappa shape index (κ3) is 2.90. The molecule has 1 heterocycles. The van der Waals surface area contributed by atoms with Crippen molar-refractivity contribution in [1.29, 1.82) is 0 Å². The van der Waals surface area contributed by atoms with Gasteiger partial charge in [0.2, 0.25) is 0 Å². The van der Waals surface area contributed by atoms with Crippen molar-refractivity contribution in [3.05, 3.63) is 32.8 Å². The van der Waals surface area contributed by atoms with Crippen LogP contribution >= 0.6 is 15.9 Å². The Kier molecular flexibility index (Phi) is 3.45. The second-order valence-corrected chi connectivity index (χ2v) is 6.13. The smallest absolute Gasteiger partial charge is 0.271 e. The maximum atomic E-state index is 10.8. The zero-order valence-corrected chi connectivity index (χ0v) is 12.1. The number of nitrogens with one attached hydrogen (secondary N) is 1. The molecule has 1 aliphatic heterocycles. The highest BCUT2D eigenvalue weighted by Crippen LogP contribution is 2.32. The van der Waals surface area contributed by atoms with Gasteiger partial charge in [-0.15, -0.1) is 0 Å². The molecule has 3 rings (SSSR count). The summed E-state index contributed by atoms with van der Waals surface area (Å²) in [6, 6.07) is 6.03. The van der Waals surface area contributed by atoms with Crippen LogP contribution in [0.5, 0.6) is 0 Å². The zero-order valence-electron chi connectivity index (χ0n) is 10.5. The highest BCUT2D eigenvalue weighted by molar-refractivity contribution is 9.10. The van der Waals surface area contributed by atoms with Gasteiger partial charge in [0.25, 0.3) is 5.69 Å². The van der Waals surface area contributed by atoms with Crippen molar-refractivity contribution < 1.29 is 4.92 Å². The highest BCUT2D eigenvalue weighted by atomic mass is 79.9. The topological polar surface area (TPSA) is 58.4 Å². The van der Waals surface area contributed by atoms with Crippen LogP contribution in [0, 0.1) is 10.1 Å². The predicted octanol–water partition coefficient (Wildman–Crippen LogP) is 3.01. The first-order chi connectivity index (χ1) is 9.13. The maximum Gasteiger partial charge on any atom is 0.271 e. The molecule has 6 heteroatoms. The lowest BCUT2D eigenvalue weighted by atomic mass is 10.2. The van der Waals surface area contributed by atoms with E-state index >= 15 is 0 Å². The van der Waals surface area contributed by atoms with E-state index in [0.717, 1.165) is 35.7 Å². The number of halogens is 1. The Balaban J connectivity index is 1.68. The van der Waals surface area contributed by atoms with E-state index in [1.807, 2.05) is 0 Å². The molecule has 1 saturated carbocycles. The standard InChI is InChI=1S/C13H16BrN3O2/c14-12-4-3-11(17(18)19)7-13(12)15-9-5-6-16(8-9)10-1-2-10/h3-4,7,9-10,15H,1-2,5-6,8H2. The molecular weight excluding hydrogens is 310 g/mol. The summed E-state index contributed by atoms with van der Waals surface area (Å²) in [6.45, 7) is 2.18. The molecule has 2 fully saturated rings. The third-order valence-corrected chi connectivity index (χ3v) is 4.49. The molecule has 1 N–H and O–H groups in total. The summed E-state index contributed by atoms with van der Waals surface area (Å²) >= 11 is 3.44. The summed E-state index contributed by atoms with van der Waals surface area (Å²) in [6.07, 6.45) is 3.76. The van der Waals surface area contributed by atoms with Gasteiger partial charge in [-0.1, -0.05) is 0 Å². The van der Waals surface area contributed by atoms with Gasteiger partial charge in [0, 0.05) is 41.8 Å². The molecule has 5 nitrogen and oxygen atoms in total. The molecule has 2 aliphatic rings. The normalized spacial score (nSPS) is 23.5. The van der Waals surface area contributed by atoms with E-state index in [9.17, 15) is 10.1 Å². The number of nitro benzene ring substituents is 1. The van der Waals surface area contributed by atoms with E-state index in [4.69, 9.17) is 0 Å². The summed E-state index contributed by atoms with van der Waals surface area (Å²) in [7, 11) is 0. The first-order valence-electron chi connectivity index (χ1n) is 6.58. The molecule has 1 saturated heterocycles. The number of likely N-dealkylation sites (tertiary alicyclic amines) is 1. The van der Waals surface area contributed by atoms with Crippen molar-refractivity contribution in [2.45, 2.75) is 31.3 Å². The molecule has 0 spiro atoms. The van der Waals surface area contributed by atoms with Crippen LogP contribution in [0.2, 0.25) is 0 Å². The molecule has 0 amide bonds. The van der Waals surface area contributed by atoms with Gasteiger partial charge in [-0.3, -0.25) is 15.0 Å². The van der Waals surface area contributed by atoms with Crippen molar-refractivity contribution in [3.63, 3.8) is 0 Å². The van der Waals surface area contributed by atoms with Gasteiger partial charge < -0.3 is 5.32 Å². The van der Waals surface area contributed by atoms with Gasteiger partial charge >= 0.3 is 0 Å². The fourth-order valence-electron chi connectivity index (χ4n) is 2.63. The maximum absolute atomic E-state index is 10.8. The van der Waals surface area contributed by atoms with Crippen LogP contribution in [0.25, 0.3) is 0 Å². The van der Waals surface area contributed by atoms with Gasteiger partial charge in [-0.25, -0.2) is 0 Å². The number of hydrogen-bond donors (Lipinski definition) is 1. The summed E-state index contributed by atoms with van der Waals surface area (Å²) in [5.74, 6) is 0. The predicted molar refractivity (Wildman–Crippen MR) is 77.4 cm³/mol. The van der Waals surface area contributed by atoms with Crippen molar-refractivity contribution in [3.8, 4) is 0 Å². The van der Waals surface area contributed by atoms with Crippen LogP contribution in [0.4, 0.5) is 11.4 Å². The Morgan fingerprint density at radius 1 is 1.37 bits per heavy atom. The zero-order chi connectivity index (χ0) is 13.4. The number of non-ortho nitro benzene ring substituents is 1. The van der Waals surface area contributed by atoms with Gasteiger partial charge in [0.05, 0.1) is 10.6 Å². The van der Waals surface area contributed by atoms with Gasteiger partial charge in [0.1, 0.15) is 0 Å². The van der Waals surface area contributed by atoms with E-state index < -0.39 is 0 Å². The molecule has 1 unspecified atom stereocenters. The number of hydrogen-bond acceptors (Lipinski definition) is 4. The fraction of sp³-hybridized carbons (Fsp3) is 0.538. The largest absolute Gasteiger partial charge is 0.380 e. The summed E-state index contributed by atoms with van der Waals surface area (Å²) < 4.78 is 0.878. The molecule has 1 aromatic rings. The Morgan fingerprint density at radius 2 is 2.16 bits per heavy atom. The van der Waals surface area contributed by atoms with Crippen LogP contribution in [-0.2, 0) is 0 Å². The van der Waals surface area contributed by atoms with Crippen LogP contribution in [0.1, 0.15) is 19.3 Å². The summed E-state index contributed by atoms with van der Waals surface area (Å²) in [5.41, 5.74) is 0.944. The van der Waals surface area contributed by atoms with Gasteiger partial charge in [-0.05, 0) is 41.3 Å². The van der Waals surface area contributed by atoms with E-state index in [1.165, 1.54) is 18.9 Å². The van der Waals surface area contributed by atoms with Crippen LogP contribution in [-0.4, -0.2) is 35.0 Å². The molecule has 1 atom stereocenters. The number of rotatable bonds is 4. The minimum absolute atomic E-state index is 0.128. The molecule has 102 valence electrons. The Labute approximate surface area is 120 Å². The monoisotopic (exact) mass is 325 g/mol. The molecule has 0 bridgehead atoms. The number of anilines is 1. The molecule has 0 radical (unpaired) electrons. The Hall–Kier alpha value is -1.14. The Bertz CT molecular complexity index is 505. The first-order valence-corrected chi connectivity index (χ1v) is 7.37. The lowest BCUT2D eigenvalue weighted by Crippen LogP contribution is -2.27. The van der Waals surface area contributed by atoms with Crippen molar-refractivity contribution in [2.24, 2.45) is 0 Å². The minimum Gasteiger partial charge on any atom is -0.380 e. The van der Waals surface area contributed by atoms with E-state index in [0.29, 0.717) is 6.04 Å². The van der Waals surface area contributed by atoms with Crippen molar-refractivity contribution >= 4 is 27.3 Å². The number of nitrogens with zero attached hydrogens (tertiary/aromatic N) is 2. The first kappa shape index (κ1) is 12.9. The quantitative estimate of drug-likeness (QED) is 0.683. The SMILES string of the molecule is O=[N+]([O-])c1ccc(Br)c(NC2CCN(C3CC3)C2)c1. The minimum atomic E-state index is -0.358. The molecular formula is C13H16BrN3O2. The third-order valence-electron chi connectivity index (χ3n) is 3.80. The second kappa shape index (κ2) is 5.09. The van der Waals surface area contributed by atoms with Crippen LogP contribution in [0.3, 0.4) is 0 Å². The lowest BCUT2D eigenvalue weighted by molar-refractivity contribution is -0.384. The van der Waals surface area contributed by atoms with E-state index in [-0.39, 0.29) is 10.6 Å². The number of nitro groups is 1. The number of benzene rings is 1. The van der Waals surface area contributed by atoms with E-state index in [2.05, 4.69) is 26.1 Å². The van der Waals surface area contributed by atoms with Gasteiger partial charge in [-0.2, -0.15) is 0 Å². The molecule has 1 aromatic carbocycles. The van der Waals surface area contributed by atoms with Gasteiger partial charge in [0.15, 0.2) is 0 Å². The van der Waals surface area contributed by atoms with E-state index in [1.54, 1.807) is 12.1 Å². The second-order valence-electron chi connectivity index (χ2n) is 5.28. The average molecular weight is 326 g/mol. The molecule has 1 aliphatic carbocycles. The average Bonchev–Trinajstić information content (AvgIpc) is 3.13. The summed E-state index contributed by atoms with van der Waals surface area (Å²) in [4.78, 5) is 13.0. The molecule has 0 aromatic heterocycles. The Morgan fingerprint density at radius 3 is 2.84 bits per heavy atom.